The standard InChI is InChI=1S/C19H27BrN2O.C2H6/c20-17-6-8-18(9-7-17)23-14-16-13-22(11-10-19(16)21)12-15-4-2-1-3-5-15;1-2/h1-6,16,18-19H,7-14,21H2;1-2H3. The van der Waals surface area contributed by atoms with Crippen molar-refractivity contribution in [3.63, 3.8) is 0 Å². The van der Waals surface area contributed by atoms with Crippen molar-refractivity contribution in [2.75, 3.05) is 19.7 Å². The molecule has 4 heteroatoms. The average Bonchev–Trinajstić information content (AvgIpc) is 2.66. The second kappa shape index (κ2) is 11.1. The molecule has 1 fully saturated rings. The van der Waals surface area contributed by atoms with E-state index in [1.165, 1.54) is 10.0 Å². The van der Waals surface area contributed by atoms with Gasteiger partial charge in [-0.2, -0.15) is 0 Å². The third kappa shape index (κ3) is 6.86. The molecule has 25 heavy (non-hydrogen) atoms. The van der Waals surface area contributed by atoms with Crippen molar-refractivity contribution in [3.05, 3.63) is 46.5 Å². The lowest BCUT2D eigenvalue weighted by molar-refractivity contribution is -0.00203. The zero-order valence-corrected chi connectivity index (χ0v) is 17.2. The Labute approximate surface area is 161 Å². The van der Waals surface area contributed by atoms with Gasteiger partial charge in [-0.1, -0.05) is 66.2 Å². The summed E-state index contributed by atoms with van der Waals surface area (Å²) in [4.78, 5) is 2.52. The predicted octanol–water partition coefficient (Wildman–Crippen LogP) is 4.71. The molecule has 1 aliphatic carbocycles. The van der Waals surface area contributed by atoms with Crippen molar-refractivity contribution in [3.8, 4) is 0 Å². The van der Waals surface area contributed by atoms with Crippen LogP contribution in [0.5, 0.6) is 0 Å². The summed E-state index contributed by atoms with van der Waals surface area (Å²) in [6.07, 6.45) is 6.92. The van der Waals surface area contributed by atoms with E-state index in [1.807, 2.05) is 13.8 Å². The fourth-order valence-corrected chi connectivity index (χ4v) is 3.89. The first-order chi connectivity index (χ1) is 12.2. The molecule has 0 radical (unpaired) electrons. The maximum atomic E-state index is 6.35. The van der Waals surface area contributed by atoms with Gasteiger partial charge >= 0.3 is 0 Å². The van der Waals surface area contributed by atoms with Crippen LogP contribution in [-0.2, 0) is 11.3 Å². The highest BCUT2D eigenvalue weighted by Crippen LogP contribution is 2.26. The number of likely N-dealkylation sites (tertiary alicyclic amines) is 1. The van der Waals surface area contributed by atoms with Crippen LogP contribution in [0.25, 0.3) is 0 Å². The summed E-state index contributed by atoms with van der Waals surface area (Å²) in [6.45, 7) is 7.94. The summed E-state index contributed by atoms with van der Waals surface area (Å²) >= 11 is 3.57. The van der Waals surface area contributed by atoms with E-state index < -0.39 is 0 Å². The molecule has 0 amide bonds. The largest absolute Gasteiger partial charge is 0.377 e. The van der Waals surface area contributed by atoms with Crippen molar-refractivity contribution in [1.82, 2.24) is 4.90 Å². The van der Waals surface area contributed by atoms with Gasteiger partial charge in [-0.3, -0.25) is 4.90 Å². The van der Waals surface area contributed by atoms with E-state index >= 15 is 0 Å². The summed E-state index contributed by atoms with van der Waals surface area (Å²) in [5.41, 5.74) is 7.73. The quantitative estimate of drug-likeness (QED) is 0.766. The van der Waals surface area contributed by atoms with E-state index in [4.69, 9.17) is 10.5 Å². The van der Waals surface area contributed by atoms with Crippen molar-refractivity contribution >= 4 is 15.9 Å². The smallest absolute Gasteiger partial charge is 0.0613 e. The summed E-state index contributed by atoms with van der Waals surface area (Å²) in [5.74, 6) is 0.446. The van der Waals surface area contributed by atoms with E-state index in [0.29, 0.717) is 12.0 Å². The van der Waals surface area contributed by atoms with Gasteiger partial charge in [-0.25, -0.2) is 0 Å². The lowest BCUT2D eigenvalue weighted by atomic mass is 9.93. The summed E-state index contributed by atoms with van der Waals surface area (Å²) in [6, 6.07) is 11.0. The summed E-state index contributed by atoms with van der Waals surface area (Å²) < 4.78 is 7.49. The lowest BCUT2D eigenvalue weighted by Gasteiger charge is -2.37. The van der Waals surface area contributed by atoms with Crippen LogP contribution in [0.3, 0.4) is 0 Å². The van der Waals surface area contributed by atoms with Gasteiger partial charge in [0.05, 0.1) is 12.7 Å². The molecule has 0 aromatic heterocycles. The van der Waals surface area contributed by atoms with Crippen molar-refractivity contribution in [2.24, 2.45) is 11.7 Å². The van der Waals surface area contributed by atoms with Crippen LogP contribution < -0.4 is 5.73 Å². The minimum absolute atomic E-state index is 0.271. The van der Waals surface area contributed by atoms with Gasteiger partial charge in [-0.15, -0.1) is 0 Å². The molecule has 1 heterocycles. The number of halogens is 1. The Morgan fingerprint density at radius 3 is 2.64 bits per heavy atom. The van der Waals surface area contributed by atoms with E-state index in [-0.39, 0.29) is 6.04 Å². The molecular weight excluding hydrogens is 376 g/mol. The Balaban J connectivity index is 0.00000109. The lowest BCUT2D eigenvalue weighted by Crippen LogP contribution is -2.48. The number of nitrogens with two attached hydrogens (primary N) is 1. The Kier molecular flexibility index (Phi) is 9.18. The van der Waals surface area contributed by atoms with Crippen LogP contribution in [0, 0.1) is 5.92 Å². The minimum atomic E-state index is 0.271. The highest BCUT2D eigenvalue weighted by molar-refractivity contribution is 9.11. The molecule has 3 atom stereocenters. The van der Waals surface area contributed by atoms with E-state index in [9.17, 15) is 0 Å². The fraction of sp³-hybridized carbons (Fsp3) is 0.619. The molecule has 140 valence electrons. The second-order valence-electron chi connectivity index (χ2n) is 6.81. The zero-order chi connectivity index (χ0) is 18.1. The maximum Gasteiger partial charge on any atom is 0.0613 e. The Hall–Kier alpha value is -0.680. The molecule has 3 rings (SSSR count). The van der Waals surface area contributed by atoms with Crippen LogP contribution in [0.4, 0.5) is 0 Å². The Morgan fingerprint density at radius 1 is 1.20 bits per heavy atom. The highest BCUT2D eigenvalue weighted by Gasteiger charge is 2.28. The number of hydrogen-bond donors (Lipinski definition) is 1. The molecule has 0 spiro atoms. The van der Waals surface area contributed by atoms with E-state index in [2.05, 4.69) is 57.2 Å². The number of rotatable bonds is 5. The molecular formula is C21H33BrN2O. The van der Waals surface area contributed by atoms with Crippen molar-refractivity contribution in [2.45, 2.75) is 58.2 Å². The van der Waals surface area contributed by atoms with Gasteiger partial charge in [0.1, 0.15) is 0 Å². The molecule has 1 aromatic carbocycles. The number of hydrogen-bond acceptors (Lipinski definition) is 3. The Bertz CT molecular complexity index is 520. The van der Waals surface area contributed by atoms with Gasteiger partial charge < -0.3 is 10.5 Å². The average molecular weight is 409 g/mol. The molecule has 1 aliphatic heterocycles. The number of benzene rings is 1. The fourth-order valence-electron chi connectivity index (χ4n) is 3.48. The first-order valence-corrected chi connectivity index (χ1v) is 10.5. The van der Waals surface area contributed by atoms with E-state index in [0.717, 1.165) is 51.9 Å². The molecule has 2 aliphatic rings. The van der Waals surface area contributed by atoms with Crippen LogP contribution in [0.2, 0.25) is 0 Å². The van der Waals surface area contributed by atoms with Gasteiger partial charge in [0.15, 0.2) is 0 Å². The first-order valence-electron chi connectivity index (χ1n) is 9.68. The van der Waals surface area contributed by atoms with Crippen molar-refractivity contribution in [1.29, 1.82) is 0 Å². The van der Waals surface area contributed by atoms with Gasteiger partial charge in [0.2, 0.25) is 0 Å². The second-order valence-corrected chi connectivity index (χ2v) is 7.83. The SMILES string of the molecule is CC.NC1CCN(Cc2ccccc2)CC1COC1CC=C(Br)CC1. The van der Waals surface area contributed by atoms with Gasteiger partial charge in [-0.05, 0) is 42.3 Å². The number of allylic oxidation sites excluding steroid dienone is 1. The zero-order valence-electron chi connectivity index (χ0n) is 15.7. The third-order valence-corrected chi connectivity index (χ3v) is 5.70. The van der Waals surface area contributed by atoms with Crippen molar-refractivity contribution < 1.29 is 4.74 Å². The molecule has 1 saturated heterocycles. The molecule has 1 aromatic rings. The topological polar surface area (TPSA) is 38.5 Å². The minimum Gasteiger partial charge on any atom is -0.377 e. The molecule has 0 saturated carbocycles. The molecule has 3 nitrogen and oxygen atoms in total. The number of ether oxygens (including phenoxy) is 1. The molecule has 3 unspecified atom stereocenters. The van der Waals surface area contributed by atoms with Crippen LogP contribution in [-0.4, -0.2) is 36.7 Å². The van der Waals surface area contributed by atoms with E-state index in [1.54, 1.807) is 0 Å². The summed E-state index contributed by atoms with van der Waals surface area (Å²) in [5, 5.41) is 0. The van der Waals surface area contributed by atoms with Crippen LogP contribution >= 0.6 is 15.9 Å². The highest BCUT2D eigenvalue weighted by atomic mass is 79.9. The van der Waals surface area contributed by atoms with Gasteiger partial charge in [0, 0.05) is 25.0 Å². The molecule has 2 N–H and O–H groups in total. The first kappa shape index (κ1) is 20.6. The summed E-state index contributed by atoms with van der Waals surface area (Å²) in [7, 11) is 0. The molecule has 0 bridgehead atoms. The maximum absolute atomic E-state index is 6.35. The third-order valence-electron chi connectivity index (χ3n) is 4.98. The number of nitrogens with zero attached hydrogens (tertiary/aromatic N) is 1. The number of piperidine rings is 1. The predicted molar refractivity (Wildman–Crippen MR) is 110 cm³/mol. The monoisotopic (exact) mass is 408 g/mol. The normalized spacial score (nSPS) is 27.2. The van der Waals surface area contributed by atoms with Crippen LogP contribution in [0.15, 0.2) is 40.9 Å². The van der Waals surface area contributed by atoms with Gasteiger partial charge in [0.25, 0.3) is 0 Å². The van der Waals surface area contributed by atoms with Crippen LogP contribution in [0.1, 0.15) is 45.1 Å². The Morgan fingerprint density at radius 2 is 1.96 bits per heavy atom.